The molecule has 1 aliphatic rings. The Morgan fingerprint density at radius 1 is 1.37 bits per heavy atom. The van der Waals surface area contributed by atoms with Crippen molar-refractivity contribution in [3.63, 3.8) is 0 Å². The second-order valence-corrected chi connectivity index (χ2v) is 3.92. The van der Waals surface area contributed by atoms with Gasteiger partial charge in [0, 0.05) is 0 Å². The van der Waals surface area contributed by atoms with Crippen LogP contribution < -0.4 is 5.32 Å². The smallest absolute Gasteiger partial charge is 0.337 e. The first kappa shape index (κ1) is 13.4. The van der Waals surface area contributed by atoms with E-state index in [1.807, 2.05) is 0 Å². The second-order valence-electron chi connectivity index (χ2n) is 3.92. The van der Waals surface area contributed by atoms with Gasteiger partial charge >= 0.3 is 5.97 Å². The molecule has 1 heterocycles. The van der Waals surface area contributed by atoms with Gasteiger partial charge in [0.1, 0.15) is 5.82 Å². The lowest BCUT2D eigenvalue weighted by molar-refractivity contribution is -0.142. The van der Waals surface area contributed by atoms with Gasteiger partial charge in [0.05, 0.1) is 31.1 Å². The van der Waals surface area contributed by atoms with Gasteiger partial charge in [-0.25, -0.2) is 9.18 Å². The van der Waals surface area contributed by atoms with Gasteiger partial charge in [-0.3, -0.25) is 4.79 Å². The number of carboxylic acids is 1. The highest BCUT2D eigenvalue weighted by Gasteiger charge is 2.24. The summed E-state index contributed by atoms with van der Waals surface area (Å²) in [6.07, 6.45) is -0.791. The number of amides is 1. The molecule has 7 heteroatoms. The van der Waals surface area contributed by atoms with E-state index < -0.39 is 23.8 Å². The number of rotatable bonds is 3. The molecule has 2 rings (SSSR count). The van der Waals surface area contributed by atoms with Crippen LogP contribution in [-0.4, -0.2) is 42.9 Å². The Labute approximate surface area is 108 Å². The Morgan fingerprint density at radius 3 is 2.79 bits per heavy atom. The van der Waals surface area contributed by atoms with Gasteiger partial charge in [0.15, 0.2) is 6.10 Å². The highest BCUT2D eigenvalue weighted by atomic mass is 19.1. The van der Waals surface area contributed by atoms with Crippen LogP contribution in [0, 0.1) is 5.82 Å². The van der Waals surface area contributed by atoms with E-state index in [1.54, 1.807) is 0 Å². The number of ether oxygens (including phenoxy) is 2. The molecular formula is C12H12FNO5. The van der Waals surface area contributed by atoms with E-state index in [1.165, 1.54) is 6.07 Å². The number of carbonyl (C=O) groups excluding carboxylic acids is 1. The first-order chi connectivity index (χ1) is 9.08. The summed E-state index contributed by atoms with van der Waals surface area (Å²) in [4.78, 5) is 22.8. The minimum atomic E-state index is -1.32. The van der Waals surface area contributed by atoms with Crippen LogP contribution >= 0.6 is 0 Å². The summed E-state index contributed by atoms with van der Waals surface area (Å²) < 4.78 is 23.2. The number of aromatic carboxylic acids is 1. The van der Waals surface area contributed by atoms with Gasteiger partial charge in [0.25, 0.3) is 5.91 Å². The molecule has 2 N–H and O–H groups in total. The number of carbonyl (C=O) groups is 2. The number of nitrogens with one attached hydrogen (secondary N) is 1. The fourth-order valence-corrected chi connectivity index (χ4v) is 1.65. The van der Waals surface area contributed by atoms with Crippen LogP contribution in [0.1, 0.15) is 10.4 Å². The van der Waals surface area contributed by atoms with E-state index in [4.69, 9.17) is 14.6 Å². The molecule has 0 bridgehead atoms. The second kappa shape index (κ2) is 5.77. The summed E-state index contributed by atoms with van der Waals surface area (Å²) >= 11 is 0. The minimum Gasteiger partial charge on any atom is -0.478 e. The van der Waals surface area contributed by atoms with Crippen LogP contribution in [0.15, 0.2) is 18.2 Å². The minimum absolute atomic E-state index is 0.0214. The van der Waals surface area contributed by atoms with Crippen LogP contribution in [-0.2, 0) is 14.3 Å². The van der Waals surface area contributed by atoms with E-state index in [9.17, 15) is 14.0 Å². The number of carboxylic acid groups (broad SMARTS) is 1. The van der Waals surface area contributed by atoms with Gasteiger partial charge in [-0.1, -0.05) is 0 Å². The van der Waals surface area contributed by atoms with Crippen LogP contribution in [0.3, 0.4) is 0 Å². The van der Waals surface area contributed by atoms with Gasteiger partial charge in [-0.05, 0) is 18.2 Å². The third kappa shape index (κ3) is 3.27. The number of hydrogen-bond acceptors (Lipinski definition) is 4. The van der Waals surface area contributed by atoms with E-state index in [0.29, 0.717) is 13.2 Å². The summed E-state index contributed by atoms with van der Waals surface area (Å²) in [5.74, 6) is -2.53. The maximum absolute atomic E-state index is 13.0. The summed E-state index contributed by atoms with van der Waals surface area (Å²) in [6, 6.07) is 3.11. The van der Waals surface area contributed by atoms with Crippen LogP contribution in [0.5, 0.6) is 0 Å². The van der Waals surface area contributed by atoms with Crippen molar-refractivity contribution in [1.29, 1.82) is 0 Å². The predicted octanol–water partition coefficient (Wildman–Crippen LogP) is 0.878. The van der Waals surface area contributed by atoms with Gasteiger partial charge < -0.3 is 19.9 Å². The molecule has 19 heavy (non-hydrogen) atoms. The lowest BCUT2D eigenvalue weighted by atomic mass is 10.1. The average Bonchev–Trinajstić information content (AvgIpc) is 2.41. The van der Waals surface area contributed by atoms with Crippen molar-refractivity contribution in [3.05, 3.63) is 29.6 Å². The van der Waals surface area contributed by atoms with E-state index in [-0.39, 0.29) is 17.9 Å². The maximum atomic E-state index is 13.0. The molecule has 0 radical (unpaired) electrons. The highest BCUT2D eigenvalue weighted by molar-refractivity contribution is 6.01. The van der Waals surface area contributed by atoms with Crippen molar-refractivity contribution in [2.45, 2.75) is 6.10 Å². The molecule has 1 saturated heterocycles. The molecule has 1 aromatic carbocycles. The first-order valence-electron chi connectivity index (χ1n) is 5.61. The van der Waals surface area contributed by atoms with Crippen molar-refractivity contribution in [3.8, 4) is 0 Å². The largest absolute Gasteiger partial charge is 0.478 e. The standard InChI is InChI=1S/C12H12FNO5/c13-7-1-2-9(8(5-7)12(16)17)14-11(15)10-6-18-3-4-19-10/h1-2,5,10H,3-4,6H2,(H,14,15)(H,16,17). The summed E-state index contributed by atoms with van der Waals surface area (Å²) in [5, 5.41) is 11.3. The highest BCUT2D eigenvalue weighted by Crippen LogP contribution is 2.18. The molecule has 1 amide bonds. The number of hydrogen-bond donors (Lipinski definition) is 2. The summed E-state index contributed by atoms with van der Waals surface area (Å²) in [7, 11) is 0. The third-order valence-corrected chi connectivity index (χ3v) is 2.58. The molecule has 1 aromatic rings. The quantitative estimate of drug-likeness (QED) is 0.850. The van der Waals surface area contributed by atoms with Gasteiger partial charge in [-0.2, -0.15) is 0 Å². The van der Waals surface area contributed by atoms with Gasteiger partial charge in [-0.15, -0.1) is 0 Å². The van der Waals surface area contributed by atoms with Crippen molar-refractivity contribution >= 4 is 17.6 Å². The summed E-state index contributed by atoms with van der Waals surface area (Å²) in [6.45, 7) is 0.823. The molecule has 6 nitrogen and oxygen atoms in total. The number of benzene rings is 1. The van der Waals surface area contributed by atoms with E-state index >= 15 is 0 Å². The zero-order valence-electron chi connectivity index (χ0n) is 9.89. The number of halogens is 1. The number of anilines is 1. The Bertz CT molecular complexity index is 499. The molecule has 1 atom stereocenters. The topological polar surface area (TPSA) is 84.9 Å². The lowest BCUT2D eigenvalue weighted by Crippen LogP contribution is -2.39. The van der Waals surface area contributed by atoms with Crippen molar-refractivity contribution in [2.24, 2.45) is 0 Å². The average molecular weight is 269 g/mol. The molecule has 0 saturated carbocycles. The molecule has 1 aliphatic heterocycles. The third-order valence-electron chi connectivity index (χ3n) is 2.58. The molecular weight excluding hydrogens is 257 g/mol. The zero-order valence-corrected chi connectivity index (χ0v) is 9.89. The van der Waals surface area contributed by atoms with Crippen molar-refractivity contribution in [2.75, 3.05) is 25.1 Å². The fourth-order valence-electron chi connectivity index (χ4n) is 1.65. The molecule has 1 fully saturated rings. The summed E-state index contributed by atoms with van der Waals surface area (Å²) in [5.41, 5.74) is -0.293. The Kier molecular flexibility index (Phi) is 4.08. The van der Waals surface area contributed by atoms with Crippen LogP contribution in [0.4, 0.5) is 10.1 Å². The van der Waals surface area contributed by atoms with Crippen molar-refractivity contribution < 1.29 is 28.6 Å². The van der Waals surface area contributed by atoms with E-state index in [2.05, 4.69) is 5.32 Å². The van der Waals surface area contributed by atoms with Crippen molar-refractivity contribution in [1.82, 2.24) is 0 Å². The molecule has 0 spiro atoms. The normalized spacial score (nSPS) is 18.9. The van der Waals surface area contributed by atoms with E-state index in [0.717, 1.165) is 12.1 Å². The SMILES string of the molecule is O=C(O)c1cc(F)ccc1NC(=O)C1COCCO1. The molecule has 0 aromatic heterocycles. The maximum Gasteiger partial charge on any atom is 0.337 e. The Hall–Kier alpha value is -1.99. The fraction of sp³-hybridized carbons (Fsp3) is 0.333. The monoisotopic (exact) mass is 269 g/mol. The van der Waals surface area contributed by atoms with Crippen LogP contribution in [0.2, 0.25) is 0 Å². The lowest BCUT2D eigenvalue weighted by Gasteiger charge is -2.22. The predicted molar refractivity (Wildman–Crippen MR) is 62.5 cm³/mol. The Morgan fingerprint density at radius 2 is 2.16 bits per heavy atom. The van der Waals surface area contributed by atoms with Gasteiger partial charge in [0.2, 0.25) is 0 Å². The molecule has 1 unspecified atom stereocenters. The Balaban J connectivity index is 2.13. The first-order valence-corrected chi connectivity index (χ1v) is 5.61. The molecule has 0 aliphatic carbocycles. The zero-order chi connectivity index (χ0) is 13.8. The van der Waals surface area contributed by atoms with Crippen LogP contribution in [0.25, 0.3) is 0 Å². The molecule has 102 valence electrons.